The predicted molar refractivity (Wildman–Crippen MR) is 180 cm³/mol. The first-order chi connectivity index (χ1) is 24.3. The number of hydrogen-bond acceptors (Lipinski definition) is 10. The first-order valence-corrected chi connectivity index (χ1v) is 17.2. The Kier molecular flexibility index (Phi) is 8.47. The topological polar surface area (TPSA) is 146 Å². The summed E-state index contributed by atoms with van der Waals surface area (Å²) in [4.78, 5) is 37.7. The summed E-state index contributed by atoms with van der Waals surface area (Å²) >= 11 is 0. The fourth-order valence-electron chi connectivity index (χ4n) is 7.09. The third-order valence-corrected chi connectivity index (χ3v) is 10.4. The zero-order chi connectivity index (χ0) is 34.2. The quantitative estimate of drug-likeness (QED) is 0.184. The lowest BCUT2D eigenvalue weighted by Gasteiger charge is -2.53. The Morgan fingerprint density at radius 3 is 2.62 bits per heavy atom. The zero-order valence-corrected chi connectivity index (χ0v) is 27.6. The van der Waals surface area contributed by atoms with Crippen LogP contribution in [0.3, 0.4) is 0 Å². The van der Waals surface area contributed by atoms with Gasteiger partial charge in [-0.1, -0.05) is 30.3 Å². The number of anilines is 1. The third kappa shape index (κ3) is 6.92. The van der Waals surface area contributed by atoms with Crippen LogP contribution in [0, 0.1) is 5.82 Å². The highest BCUT2D eigenvalue weighted by Gasteiger charge is 2.49. The number of nitrogens with zero attached hydrogens (tertiary/aromatic N) is 3. The second-order valence-corrected chi connectivity index (χ2v) is 13.9. The van der Waals surface area contributed by atoms with Crippen molar-refractivity contribution in [3.8, 4) is 11.6 Å². The molecule has 50 heavy (non-hydrogen) atoms. The standard InChI is InChI=1S/C37H39FN6O6/c38-27-19-39-28-7-9-31(49-22-36(12-13-36)44-34(46)48-20-24-4-2-1-3-5-24)43-32(28)26(27)10-11-37-16-14-35(15-17-37,23-50-37)40-18-25-6-8-29-33(41-25)42-30(45)21-47-29/h1-9,19,40H,10-18,20-23H2,(H,44,46)(H,41,42,45). The van der Waals surface area contributed by atoms with Gasteiger partial charge in [-0.2, -0.15) is 0 Å². The third-order valence-electron chi connectivity index (χ3n) is 10.4. The van der Waals surface area contributed by atoms with E-state index in [1.807, 2.05) is 42.5 Å². The van der Waals surface area contributed by atoms with Crippen molar-refractivity contribution in [2.24, 2.45) is 0 Å². The molecular formula is C37H39FN6O6. The molecule has 12 nitrogen and oxygen atoms in total. The van der Waals surface area contributed by atoms with E-state index in [0.29, 0.717) is 60.0 Å². The largest absolute Gasteiger partial charge is 0.480 e. The molecule has 2 bridgehead atoms. The molecule has 0 radical (unpaired) electrons. The number of carbonyl (C=O) groups excluding carboxylic acids is 2. The number of ether oxygens (including phenoxy) is 4. The molecule has 0 spiro atoms. The zero-order valence-electron chi connectivity index (χ0n) is 27.6. The Morgan fingerprint density at radius 1 is 1.00 bits per heavy atom. The van der Waals surface area contributed by atoms with Crippen LogP contribution in [0.5, 0.6) is 11.6 Å². The maximum absolute atomic E-state index is 15.3. The predicted octanol–water partition coefficient (Wildman–Crippen LogP) is 5.14. The molecule has 2 amide bonds. The minimum Gasteiger partial charge on any atom is -0.480 e. The summed E-state index contributed by atoms with van der Waals surface area (Å²) in [5.41, 5.74) is 2.28. The number of benzene rings is 1. The number of aromatic nitrogens is 3. The second kappa shape index (κ2) is 13.1. The van der Waals surface area contributed by atoms with E-state index in [4.69, 9.17) is 18.9 Å². The number of alkyl carbamates (subject to hydrolysis) is 1. The number of pyridine rings is 3. The van der Waals surface area contributed by atoms with Crippen molar-refractivity contribution in [2.75, 3.05) is 25.1 Å². The number of carbonyl (C=O) groups is 2. The van der Waals surface area contributed by atoms with Gasteiger partial charge >= 0.3 is 6.09 Å². The second-order valence-electron chi connectivity index (χ2n) is 13.9. The first kappa shape index (κ1) is 32.3. The monoisotopic (exact) mass is 682 g/mol. The summed E-state index contributed by atoms with van der Waals surface area (Å²) in [6.45, 7) is 1.51. The van der Waals surface area contributed by atoms with Gasteiger partial charge in [0.1, 0.15) is 19.0 Å². The van der Waals surface area contributed by atoms with Crippen molar-refractivity contribution in [3.63, 3.8) is 0 Å². The minimum absolute atomic E-state index is 0.00000229. The van der Waals surface area contributed by atoms with Crippen molar-refractivity contribution < 1.29 is 32.9 Å². The molecule has 4 fully saturated rings. The number of halogens is 1. The lowest BCUT2D eigenvalue weighted by Crippen LogP contribution is -2.61. The molecule has 0 unspecified atom stereocenters. The van der Waals surface area contributed by atoms with Crippen molar-refractivity contribution in [1.82, 2.24) is 25.6 Å². The van der Waals surface area contributed by atoms with Crippen molar-refractivity contribution in [2.45, 2.75) is 81.2 Å². The van der Waals surface area contributed by atoms with Crippen molar-refractivity contribution >= 4 is 28.9 Å². The molecule has 5 aliphatic rings. The van der Waals surface area contributed by atoms with Gasteiger partial charge in [-0.3, -0.25) is 9.78 Å². The van der Waals surface area contributed by atoms with Crippen LogP contribution < -0.4 is 25.4 Å². The van der Waals surface area contributed by atoms with Crippen LogP contribution in [0.25, 0.3) is 11.0 Å². The van der Waals surface area contributed by atoms with Crippen LogP contribution in [-0.4, -0.2) is 63.5 Å². The molecule has 3 aliphatic heterocycles. The highest BCUT2D eigenvalue weighted by molar-refractivity contribution is 5.94. The molecule has 3 aromatic heterocycles. The molecule has 9 rings (SSSR count). The van der Waals surface area contributed by atoms with Crippen molar-refractivity contribution in [3.05, 3.63) is 83.4 Å². The summed E-state index contributed by atoms with van der Waals surface area (Å²) in [6, 6.07) is 16.8. The average Bonchev–Trinajstić information content (AvgIpc) is 3.92. The fraction of sp³-hybridized carbons (Fsp3) is 0.432. The van der Waals surface area contributed by atoms with E-state index < -0.39 is 17.4 Å². The normalized spacial score (nSPS) is 23.0. The number of fused-ring (bicyclic) bond motifs is 5. The van der Waals surface area contributed by atoms with Gasteiger partial charge in [0, 0.05) is 23.7 Å². The van der Waals surface area contributed by atoms with E-state index in [0.717, 1.165) is 49.8 Å². The molecule has 13 heteroatoms. The first-order valence-electron chi connectivity index (χ1n) is 17.2. The van der Waals surface area contributed by atoms with Gasteiger partial charge in [-0.25, -0.2) is 19.2 Å². The number of nitrogens with one attached hydrogen (secondary N) is 3. The van der Waals surface area contributed by atoms with Gasteiger partial charge in [-0.15, -0.1) is 0 Å². The molecule has 6 heterocycles. The number of rotatable bonds is 12. The van der Waals surface area contributed by atoms with Crippen LogP contribution in [0.4, 0.5) is 15.0 Å². The molecule has 2 saturated heterocycles. The summed E-state index contributed by atoms with van der Waals surface area (Å²) in [7, 11) is 0. The molecule has 3 N–H and O–H groups in total. The van der Waals surface area contributed by atoms with Gasteiger partial charge in [0.05, 0.1) is 40.7 Å². The lowest BCUT2D eigenvalue weighted by molar-refractivity contribution is -0.165. The Balaban J connectivity index is 0.862. The number of aryl methyl sites for hydroxylation is 1. The van der Waals surface area contributed by atoms with Gasteiger partial charge in [0.15, 0.2) is 18.2 Å². The number of hydrogen-bond donors (Lipinski definition) is 3. The summed E-state index contributed by atoms with van der Waals surface area (Å²) in [6.07, 6.45) is 6.99. The molecular weight excluding hydrogens is 643 g/mol. The van der Waals surface area contributed by atoms with Crippen LogP contribution >= 0.6 is 0 Å². The SMILES string of the molecule is O=C1COc2ccc(CNC34CCC(CCc5c(F)cnc6ccc(OCC7(NC(=O)OCc8ccccc8)CC7)nc56)(CC3)OC4)nc2N1. The Hall–Kier alpha value is -4.88. The maximum atomic E-state index is 15.3. The van der Waals surface area contributed by atoms with E-state index in [9.17, 15) is 9.59 Å². The van der Waals surface area contributed by atoms with Crippen LogP contribution in [-0.2, 0) is 33.8 Å². The lowest BCUT2D eigenvalue weighted by atomic mass is 9.69. The molecule has 2 aliphatic carbocycles. The average molecular weight is 683 g/mol. The van der Waals surface area contributed by atoms with Gasteiger partial charge in [-0.05, 0) is 75.1 Å². The molecule has 2 saturated carbocycles. The smallest absolute Gasteiger partial charge is 0.408 e. The molecule has 0 atom stereocenters. The van der Waals surface area contributed by atoms with Gasteiger partial charge in [0.25, 0.3) is 5.91 Å². The summed E-state index contributed by atoms with van der Waals surface area (Å²) in [5, 5.41) is 9.38. The van der Waals surface area contributed by atoms with E-state index >= 15 is 4.39 Å². The summed E-state index contributed by atoms with van der Waals surface area (Å²) < 4.78 is 38.7. The minimum atomic E-state index is -0.514. The molecule has 1 aromatic carbocycles. The fourth-order valence-corrected chi connectivity index (χ4v) is 7.09. The maximum Gasteiger partial charge on any atom is 0.408 e. The Morgan fingerprint density at radius 2 is 1.84 bits per heavy atom. The van der Waals surface area contributed by atoms with E-state index in [1.165, 1.54) is 6.20 Å². The number of amides is 2. The summed E-state index contributed by atoms with van der Waals surface area (Å²) in [5.74, 6) is 0.759. The highest BCUT2D eigenvalue weighted by atomic mass is 19.1. The Labute approximate surface area is 288 Å². The van der Waals surface area contributed by atoms with E-state index in [-0.39, 0.29) is 36.9 Å². The highest BCUT2D eigenvalue weighted by Crippen LogP contribution is 2.46. The van der Waals surface area contributed by atoms with Crippen LogP contribution in [0.2, 0.25) is 0 Å². The van der Waals surface area contributed by atoms with Crippen molar-refractivity contribution in [1.29, 1.82) is 0 Å². The van der Waals surface area contributed by atoms with Gasteiger partial charge in [0.2, 0.25) is 5.88 Å². The van der Waals surface area contributed by atoms with E-state index in [2.05, 4.69) is 30.9 Å². The molecule has 260 valence electrons. The van der Waals surface area contributed by atoms with Crippen LogP contribution in [0.15, 0.2) is 60.8 Å². The Bertz CT molecular complexity index is 1900. The van der Waals surface area contributed by atoms with Crippen LogP contribution in [0.1, 0.15) is 61.8 Å². The molecule has 4 aromatic rings. The van der Waals surface area contributed by atoms with E-state index in [1.54, 1.807) is 12.1 Å². The van der Waals surface area contributed by atoms with Gasteiger partial charge < -0.3 is 34.9 Å².